The molecule has 0 saturated carbocycles. The molecule has 19 heavy (non-hydrogen) atoms. The van der Waals surface area contributed by atoms with Crippen LogP contribution in [0, 0.1) is 0 Å². The first kappa shape index (κ1) is 14.3. The van der Waals surface area contributed by atoms with Gasteiger partial charge in [0, 0.05) is 21.7 Å². The van der Waals surface area contributed by atoms with Gasteiger partial charge in [0.05, 0.1) is 19.6 Å². The summed E-state index contributed by atoms with van der Waals surface area (Å²) in [5.74, 6) is 0. The molecule has 2 nitrogen and oxygen atoms in total. The molecule has 0 atom stereocenters. The van der Waals surface area contributed by atoms with Crippen molar-refractivity contribution in [2.75, 3.05) is 6.61 Å². The lowest BCUT2D eigenvalue weighted by molar-refractivity contribution is -0.146. The number of hydrogen-bond donors (Lipinski definition) is 1. The maximum atomic E-state index is 12.0. The van der Waals surface area contributed by atoms with Crippen LogP contribution in [0.4, 0.5) is 13.2 Å². The van der Waals surface area contributed by atoms with Crippen LogP contribution in [0.2, 0.25) is 0 Å². The van der Waals surface area contributed by atoms with E-state index in [4.69, 9.17) is 10.5 Å². The Hall–Kier alpha value is -1.11. The predicted molar refractivity (Wildman–Crippen MR) is 70.0 cm³/mol. The molecule has 2 rings (SSSR count). The Bertz CT molecular complexity index is 550. The molecule has 0 aliphatic heterocycles. The average Bonchev–Trinajstić information content (AvgIpc) is 2.71. The molecular weight excluding hydrogens is 275 g/mol. The number of fused-ring (bicyclic) bond motifs is 1. The summed E-state index contributed by atoms with van der Waals surface area (Å²) in [5, 5.41) is 1.01. The zero-order chi connectivity index (χ0) is 13.9. The van der Waals surface area contributed by atoms with Gasteiger partial charge in [-0.3, -0.25) is 0 Å². The zero-order valence-electron chi connectivity index (χ0n) is 10.2. The van der Waals surface area contributed by atoms with Gasteiger partial charge in [-0.25, -0.2) is 0 Å². The monoisotopic (exact) mass is 289 g/mol. The van der Waals surface area contributed by atoms with Crippen molar-refractivity contribution in [3.8, 4) is 0 Å². The molecule has 6 heteroatoms. The van der Waals surface area contributed by atoms with Crippen LogP contribution in [0.25, 0.3) is 10.1 Å². The fraction of sp³-hybridized carbons (Fsp3) is 0.385. The summed E-state index contributed by atoms with van der Waals surface area (Å²) in [7, 11) is 0. The summed E-state index contributed by atoms with van der Waals surface area (Å²) in [6, 6.07) is 7.73. The molecule has 0 amide bonds. The average molecular weight is 289 g/mol. The molecule has 1 aromatic carbocycles. The normalized spacial score (nSPS) is 12.2. The van der Waals surface area contributed by atoms with Crippen LogP contribution < -0.4 is 5.73 Å². The van der Waals surface area contributed by atoms with E-state index < -0.39 is 12.6 Å². The van der Waals surface area contributed by atoms with Crippen molar-refractivity contribution in [3.05, 3.63) is 34.7 Å². The summed E-state index contributed by atoms with van der Waals surface area (Å²) < 4.78 is 42.3. The Kier molecular flexibility index (Phi) is 4.44. The third-order valence-corrected chi connectivity index (χ3v) is 3.98. The van der Waals surface area contributed by atoms with Crippen LogP contribution in [0.15, 0.2) is 24.3 Å². The lowest BCUT2D eigenvalue weighted by Crippen LogP contribution is -2.11. The number of thiophene rings is 1. The SMILES string of the molecule is NCc1sc2ccccc2c1COCCC(F)(F)F. The van der Waals surface area contributed by atoms with Gasteiger partial charge < -0.3 is 10.5 Å². The molecule has 2 aromatic rings. The number of alkyl halides is 3. The molecule has 1 aromatic heterocycles. The van der Waals surface area contributed by atoms with Crippen LogP contribution in [0.5, 0.6) is 0 Å². The second-order valence-electron chi connectivity index (χ2n) is 4.12. The first-order valence-electron chi connectivity index (χ1n) is 5.85. The van der Waals surface area contributed by atoms with E-state index in [-0.39, 0.29) is 13.2 Å². The number of rotatable bonds is 5. The number of ether oxygens (including phenoxy) is 1. The highest BCUT2D eigenvalue weighted by Gasteiger charge is 2.26. The summed E-state index contributed by atoms with van der Waals surface area (Å²) in [6.45, 7) is 0.224. The van der Waals surface area contributed by atoms with Crippen molar-refractivity contribution in [1.29, 1.82) is 0 Å². The fourth-order valence-electron chi connectivity index (χ4n) is 1.83. The summed E-state index contributed by atoms with van der Waals surface area (Å²) >= 11 is 1.56. The number of benzene rings is 1. The van der Waals surface area contributed by atoms with Crippen LogP contribution in [-0.4, -0.2) is 12.8 Å². The zero-order valence-corrected chi connectivity index (χ0v) is 11.0. The summed E-state index contributed by atoms with van der Waals surface area (Å²) in [4.78, 5) is 0.966. The van der Waals surface area contributed by atoms with Crippen molar-refractivity contribution in [2.45, 2.75) is 25.7 Å². The maximum absolute atomic E-state index is 12.0. The van der Waals surface area contributed by atoms with Gasteiger partial charge >= 0.3 is 6.18 Å². The molecule has 0 radical (unpaired) electrons. The molecule has 1 heterocycles. The van der Waals surface area contributed by atoms with Crippen LogP contribution >= 0.6 is 11.3 Å². The van der Waals surface area contributed by atoms with Crippen LogP contribution in [0.1, 0.15) is 16.9 Å². The molecule has 0 unspecified atom stereocenters. The van der Waals surface area contributed by atoms with Crippen LogP contribution in [-0.2, 0) is 17.9 Å². The highest BCUT2D eigenvalue weighted by Crippen LogP contribution is 2.31. The number of nitrogens with two attached hydrogens (primary N) is 1. The number of hydrogen-bond acceptors (Lipinski definition) is 3. The Labute approximate surface area is 113 Å². The van der Waals surface area contributed by atoms with E-state index in [0.717, 1.165) is 20.5 Å². The molecule has 104 valence electrons. The van der Waals surface area contributed by atoms with E-state index in [1.807, 2.05) is 24.3 Å². The lowest BCUT2D eigenvalue weighted by atomic mass is 10.1. The Morgan fingerprint density at radius 2 is 1.95 bits per heavy atom. The van der Waals surface area contributed by atoms with E-state index in [9.17, 15) is 13.2 Å². The third-order valence-electron chi connectivity index (χ3n) is 2.74. The molecule has 0 saturated heterocycles. The molecule has 0 aliphatic carbocycles. The topological polar surface area (TPSA) is 35.2 Å². The van der Waals surface area contributed by atoms with E-state index >= 15 is 0 Å². The van der Waals surface area contributed by atoms with Crippen molar-refractivity contribution in [1.82, 2.24) is 0 Å². The minimum atomic E-state index is -4.17. The van der Waals surface area contributed by atoms with E-state index in [2.05, 4.69) is 0 Å². The van der Waals surface area contributed by atoms with Gasteiger partial charge in [0.1, 0.15) is 0 Å². The molecule has 0 fully saturated rings. The summed E-state index contributed by atoms with van der Waals surface area (Å²) in [6.07, 6.45) is -5.10. The van der Waals surface area contributed by atoms with Gasteiger partial charge in [-0.2, -0.15) is 13.2 Å². The Morgan fingerprint density at radius 1 is 1.21 bits per heavy atom. The molecule has 0 bridgehead atoms. The first-order valence-corrected chi connectivity index (χ1v) is 6.67. The third kappa shape index (κ3) is 3.68. The maximum Gasteiger partial charge on any atom is 0.391 e. The highest BCUT2D eigenvalue weighted by molar-refractivity contribution is 7.19. The lowest BCUT2D eigenvalue weighted by Gasteiger charge is -2.08. The van der Waals surface area contributed by atoms with Gasteiger partial charge in [-0.15, -0.1) is 11.3 Å². The van der Waals surface area contributed by atoms with Crippen molar-refractivity contribution in [2.24, 2.45) is 5.73 Å². The van der Waals surface area contributed by atoms with Gasteiger partial charge in [-0.1, -0.05) is 18.2 Å². The smallest absolute Gasteiger partial charge is 0.376 e. The van der Waals surface area contributed by atoms with E-state index in [1.54, 1.807) is 11.3 Å². The molecular formula is C13H14F3NOS. The minimum absolute atomic E-state index is 0.173. The second kappa shape index (κ2) is 5.90. The Morgan fingerprint density at radius 3 is 2.63 bits per heavy atom. The summed E-state index contributed by atoms with van der Waals surface area (Å²) in [5.41, 5.74) is 6.57. The van der Waals surface area contributed by atoms with Gasteiger partial charge in [-0.05, 0) is 11.5 Å². The minimum Gasteiger partial charge on any atom is -0.376 e. The van der Waals surface area contributed by atoms with E-state index in [0.29, 0.717) is 6.54 Å². The second-order valence-corrected chi connectivity index (χ2v) is 5.26. The van der Waals surface area contributed by atoms with Crippen molar-refractivity contribution >= 4 is 21.4 Å². The van der Waals surface area contributed by atoms with Crippen LogP contribution in [0.3, 0.4) is 0 Å². The predicted octanol–water partition coefficient (Wildman–Crippen LogP) is 3.83. The molecule has 0 aliphatic rings. The van der Waals surface area contributed by atoms with Crippen molar-refractivity contribution in [3.63, 3.8) is 0 Å². The first-order chi connectivity index (χ1) is 9.01. The molecule has 2 N–H and O–H groups in total. The Balaban J connectivity index is 2.07. The largest absolute Gasteiger partial charge is 0.391 e. The highest BCUT2D eigenvalue weighted by atomic mass is 32.1. The van der Waals surface area contributed by atoms with Gasteiger partial charge in [0.2, 0.25) is 0 Å². The van der Waals surface area contributed by atoms with E-state index in [1.165, 1.54) is 0 Å². The van der Waals surface area contributed by atoms with Gasteiger partial charge in [0.15, 0.2) is 0 Å². The fourth-order valence-corrected chi connectivity index (χ4v) is 2.92. The molecule has 0 spiro atoms. The quantitative estimate of drug-likeness (QED) is 0.849. The standard InChI is InChI=1S/C13H14F3NOS/c14-13(15,16)5-6-18-8-10-9-3-1-2-4-11(9)19-12(10)7-17/h1-4H,5-8,17H2. The van der Waals surface area contributed by atoms with Crippen molar-refractivity contribution < 1.29 is 17.9 Å². The number of halogens is 3. The van der Waals surface area contributed by atoms with Gasteiger partial charge in [0.25, 0.3) is 0 Å².